The molecule has 0 bridgehead atoms. The first-order chi connectivity index (χ1) is 71.2. The Kier molecular flexibility index (Phi) is 35.7. The molecule has 0 fully saturated rings. The highest BCUT2D eigenvalue weighted by atomic mass is 19.2. The minimum absolute atomic E-state index is 0.0372. The van der Waals surface area contributed by atoms with E-state index in [0.717, 1.165) is 55.6 Å². The van der Waals surface area contributed by atoms with Crippen LogP contribution in [0.1, 0.15) is 100 Å². The van der Waals surface area contributed by atoms with E-state index in [1.807, 2.05) is 69.3 Å². The van der Waals surface area contributed by atoms with Gasteiger partial charge in [0.1, 0.15) is 93.1 Å². The zero-order valence-corrected chi connectivity index (χ0v) is 85.7. The molecule has 0 radical (unpaired) electrons. The van der Waals surface area contributed by atoms with Crippen LogP contribution in [0, 0.1) is 229 Å². The Balaban J connectivity index is 0.000000150. The molecule has 768 valence electrons. The quantitative estimate of drug-likeness (QED) is 0.0792. The van der Waals surface area contributed by atoms with Crippen LogP contribution in [0.4, 0.5) is 181 Å². The summed E-state index contributed by atoms with van der Waals surface area (Å²) in [6.45, 7) is 30.8. The summed E-state index contributed by atoms with van der Waals surface area (Å²) in [4.78, 5) is 8.84. The molecule has 150 heavy (non-hydrogen) atoms. The fourth-order valence-electron chi connectivity index (χ4n) is 16.1. The molecule has 0 heterocycles. The van der Waals surface area contributed by atoms with Crippen molar-refractivity contribution in [2.75, 3.05) is 29.4 Å². The van der Waals surface area contributed by atoms with E-state index in [1.54, 1.807) is 240 Å². The van der Waals surface area contributed by atoms with Crippen molar-refractivity contribution in [1.29, 1.82) is 0 Å². The number of hydrogen-bond acceptors (Lipinski definition) is 6. The van der Waals surface area contributed by atoms with Crippen LogP contribution in [-0.4, -0.2) is 0 Å². The Hall–Kier alpha value is -16.5. The van der Waals surface area contributed by atoms with Crippen molar-refractivity contribution in [3.8, 4) is 0 Å². The zero-order chi connectivity index (χ0) is 109. The van der Waals surface area contributed by atoms with Gasteiger partial charge in [0.2, 0.25) is 0 Å². The minimum Gasteiger partial charge on any atom is -0.310 e. The highest BCUT2D eigenvalue weighted by Gasteiger charge is 2.29. The van der Waals surface area contributed by atoms with E-state index in [9.17, 15) is 79.0 Å². The average molecular weight is 2050 g/mol. The third-order valence-electron chi connectivity index (χ3n) is 24.9. The van der Waals surface area contributed by atoms with Gasteiger partial charge in [-0.2, -0.15) is 0 Å². The Morgan fingerprint density at radius 1 is 0.113 bits per heavy atom. The molecule has 0 aliphatic rings. The molecule has 0 aliphatic carbocycles. The normalized spacial score (nSPS) is 10.8. The Morgan fingerprint density at radius 3 is 0.520 bits per heavy atom. The Labute approximate surface area is 863 Å². The summed E-state index contributed by atoms with van der Waals surface area (Å²) in [6, 6.07) is 86.0. The molecule has 18 rings (SSSR count). The lowest BCUT2D eigenvalue weighted by Crippen LogP contribution is -2.15. The van der Waals surface area contributed by atoms with Gasteiger partial charge < -0.3 is 29.4 Å². The summed E-state index contributed by atoms with van der Waals surface area (Å²) in [6.07, 6.45) is 0. The van der Waals surface area contributed by atoms with Crippen molar-refractivity contribution in [2.45, 2.75) is 125 Å². The first-order valence-corrected chi connectivity index (χ1v) is 47.7. The second-order valence-electron chi connectivity index (χ2n) is 37.0. The average Bonchev–Trinajstić information content (AvgIpc) is 0.788. The van der Waals surface area contributed by atoms with E-state index in [2.05, 4.69) is 0 Å². The van der Waals surface area contributed by atoms with E-state index >= 15 is 0 Å². The third kappa shape index (κ3) is 26.5. The standard InChI is InChI=1S/6C21H18F3N/c1-13-4-8-16(9-5-13)25(17-10-6-14(2)18(22)12-17)19-11-7-15(3)20(23)21(19)24;1-13-4-8-20(18(23)10-13)25(16-7-6-15(3)17(22)12-16)21-9-5-14(2)11-19(21)24;1-13-4-9-21(20(24)10-13)25(16-7-5-14(2)18(22)11-16)17-8-6-15(3)19(23)12-17;1-13-4-7-19(16(22)10-13)25(20-8-5-14(2)11-17(20)23)21-9-6-15(3)12-18(21)24;1-13-4-7-16(8-5-13)25(17-9-6-14(2)19(22)10-17)18-11-20(23)15(3)21(24)12-18;1-13-4-7-16(8-5-13)25(21-9-6-14(2)10-20(21)24)17-11-18(22)15(3)19(23)12-17/h6*4-12H,1-3H3. The molecular weight excluding hydrogens is 1940 g/mol. The van der Waals surface area contributed by atoms with Crippen molar-refractivity contribution in [3.63, 3.8) is 0 Å². The number of nitrogens with zero attached hydrogens (tertiary/aromatic N) is 6. The van der Waals surface area contributed by atoms with Crippen molar-refractivity contribution in [1.82, 2.24) is 0 Å². The molecule has 0 aromatic heterocycles. The number of rotatable bonds is 18. The first-order valence-electron chi connectivity index (χ1n) is 47.7. The fourth-order valence-corrected chi connectivity index (χ4v) is 16.1. The molecule has 0 amide bonds. The van der Waals surface area contributed by atoms with Crippen LogP contribution in [0.3, 0.4) is 0 Å². The molecule has 0 N–H and O–H groups in total. The molecule has 0 spiro atoms. The molecule has 18 aromatic rings. The number of benzene rings is 18. The van der Waals surface area contributed by atoms with E-state index in [1.165, 1.54) is 173 Å². The van der Waals surface area contributed by atoms with Crippen LogP contribution in [0.2, 0.25) is 0 Å². The van der Waals surface area contributed by atoms with Gasteiger partial charge in [-0.25, -0.2) is 79.0 Å². The highest BCUT2D eigenvalue weighted by molar-refractivity contribution is 5.84. The lowest BCUT2D eigenvalue weighted by Gasteiger charge is -2.27. The monoisotopic (exact) mass is 2050 g/mol. The fraction of sp³-hybridized carbons (Fsp3) is 0.143. The van der Waals surface area contributed by atoms with Crippen molar-refractivity contribution in [2.24, 2.45) is 0 Å². The molecular formula is C126H108F18N6. The second kappa shape index (κ2) is 48.4. The van der Waals surface area contributed by atoms with Gasteiger partial charge in [0.05, 0.1) is 56.9 Å². The Bertz CT molecular complexity index is 7520. The number of anilines is 18. The van der Waals surface area contributed by atoms with Gasteiger partial charge in [0.15, 0.2) is 11.6 Å². The predicted molar refractivity (Wildman–Crippen MR) is 571 cm³/mol. The zero-order valence-electron chi connectivity index (χ0n) is 85.7. The van der Waals surface area contributed by atoms with Gasteiger partial charge >= 0.3 is 0 Å². The second-order valence-corrected chi connectivity index (χ2v) is 37.0. The lowest BCUT2D eigenvalue weighted by atomic mass is 10.1. The van der Waals surface area contributed by atoms with Crippen LogP contribution in [0.5, 0.6) is 0 Å². The van der Waals surface area contributed by atoms with E-state index in [-0.39, 0.29) is 73.7 Å². The van der Waals surface area contributed by atoms with Gasteiger partial charge in [-0.05, 0) is 409 Å². The molecule has 0 saturated carbocycles. The largest absolute Gasteiger partial charge is 0.310 e. The predicted octanol–water partition coefficient (Wildman–Crippen LogP) is 39.0. The number of hydrogen-bond donors (Lipinski definition) is 0. The molecule has 0 unspecified atom stereocenters. The number of halogens is 18. The summed E-state index contributed by atoms with van der Waals surface area (Å²) in [7, 11) is 0. The van der Waals surface area contributed by atoms with E-state index in [0.29, 0.717) is 79.0 Å². The molecule has 0 atom stereocenters. The first kappa shape index (κ1) is 111. The van der Waals surface area contributed by atoms with Crippen LogP contribution in [-0.2, 0) is 0 Å². The van der Waals surface area contributed by atoms with Crippen molar-refractivity contribution < 1.29 is 79.0 Å². The lowest BCUT2D eigenvalue weighted by molar-refractivity contribution is 0.504. The maximum absolute atomic E-state index is 14.6. The van der Waals surface area contributed by atoms with Gasteiger partial charge in [-0.3, -0.25) is 0 Å². The summed E-state index contributed by atoms with van der Waals surface area (Å²) in [5.41, 5.74) is 16.6. The third-order valence-corrected chi connectivity index (χ3v) is 24.9. The van der Waals surface area contributed by atoms with Crippen LogP contribution < -0.4 is 29.4 Å². The smallest absolute Gasteiger partial charge is 0.183 e. The molecule has 0 aliphatic heterocycles. The Morgan fingerprint density at radius 2 is 0.280 bits per heavy atom. The topological polar surface area (TPSA) is 19.4 Å². The number of aryl methyl sites for hydroxylation is 16. The maximum atomic E-state index is 14.6. The van der Waals surface area contributed by atoms with Crippen LogP contribution in [0.25, 0.3) is 0 Å². The van der Waals surface area contributed by atoms with E-state index < -0.39 is 98.9 Å². The van der Waals surface area contributed by atoms with E-state index in [4.69, 9.17) is 0 Å². The molecule has 0 saturated heterocycles. The SMILES string of the molecule is Cc1ccc(N(c2cc(F)c(C)c(F)c2)c2ccc(C)cc2F)cc1.Cc1ccc(N(c2ccc(C)c(F)c2)c2cc(F)c(C)c(F)c2)cc1.Cc1ccc(N(c2ccc(C)c(F)c2)c2ccc(C)c(F)c2)c(F)c1.Cc1ccc(N(c2ccc(C)c(F)c2)c2ccc(C)c(F)c2F)cc1.Cc1ccc(N(c2ccc(C)c(F)c2)c2ccc(C)cc2F)c(F)c1.Cc1ccc(N(c2ccc(C)cc2F)c2ccc(C)cc2F)c(F)c1. The van der Waals surface area contributed by atoms with Crippen molar-refractivity contribution >= 4 is 102 Å². The maximum Gasteiger partial charge on any atom is 0.183 e. The summed E-state index contributed by atoms with van der Waals surface area (Å²) in [5.74, 6) is -10.0. The minimum atomic E-state index is -0.957. The van der Waals surface area contributed by atoms with Crippen LogP contribution >= 0.6 is 0 Å². The van der Waals surface area contributed by atoms with Gasteiger partial charge in [-0.1, -0.05) is 132 Å². The summed E-state index contributed by atoms with van der Waals surface area (Å²) >= 11 is 0. The molecule has 6 nitrogen and oxygen atoms in total. The van der Waals surface area contributed by atoms with Gasteiger partial charge in [0.25, 0.3) is 0 Å². The van der Waals surface area contributed by atoms with Gasteiger partial charge in [-0.15, -0.1) is 0 Å². The van der Waals surface area contributed by atoms with Gasteiger partial charge in [0, 0.05) is 56.6 Å². The summed E-state index contributed by atoms with van der Waals surface area (Å²) < 4.78 is 258. The molecule has 24 heteroatoms. The highest BCUT2D eigenvalue weighted by Crippen LogP contribution is 2.47. The van der Waals surface area contributed by atoms with Crippen LogP contribution in [0.15, 0.2) is 328 Å². The van der Waals surface area contributed by atoms with Crippen molar-refractivity contribution in [3.05, 3.63) is 532 Å². The summed E-state index contributed by atoms with van der Waals surface area (Å²) in [5, 5.41) is 0. The molecule has 18 aromatic carbocycles.